The molecular weight excluding hydrogens is 313 g/mol. The Morgan fingerprint density at radius 3 is 2.70 bits per heavy atom. The molecule has 1 aliphatic heterocycles. The number of nitrogens with two attached hydrogens (primary N) is 1. The summed E-state index contributed by atoms with van der Waals surface area (Å²) in [7, 11) is 0. The average Bonchev–Trinajstić information content (AvgIpc) is 2.85. The number of nitrogen functional groups attached to an aromatic ring is 1. The van der Waals surface area contributed by atoms with Gasteiger partial charge in [0, 0.05) is 11.9 Å². The van der Waals surface area contributed by atoms with Crippen molar-refractivity contribution in [3.05, 3.63) is 23.9 Å². The molecule has 0 spiro atoms. The standard InChI is InChI=1S/C14H15F3N4O2/c15-14(16,17)11-4-10(21-5-8(23)3-7(21)6-22)9-1-2-12(18)20-13(9)19-11/h1-2,4,7-8,22-23H,3,5-6H2,(H2,18,19,20)/t7-,8+/m0/s1. The lowest BCUT2D eigenvalue weighted by Crippen LogP contribution is -2.33. The van der Waals surface area contributed by atoms with E-state index in [0.717, 1.165) is 6.07 Å². The summed E-state index contributed by atoms with van der Waals surface area (Å²) in [6.07, 6.45) is -5.07. The highest BCUT2D eigenvalue weighted by atomic mass is 19.4. The van der Waals surface area contributed by atoms with Gasteiger partial charge in [-0.15, -0.1) is 0 Å². The van der Waals surface area contributed by atoms with Gasteiger partial charge in [0.1, 0.15) is 11.5 Å². The van der Waals surface area contributed by atoms with Crippen molar-refractivity contribution in [2.45, 2.75) is 24.7 Å². The van der Waals surface area contributed by atoms with Gasteiger partial charge < -0.3 is 20.8 Å². The maximum Gasteiger partial charge on any atom is 0.433 e. The third-order valence-electron chi connectivity index (χ3n) is 3.88. The van der Waals surface area contributed by atoms with Crippen LogP contribution < -0.4 is 10.6 Å². The fraction of sp³-hybridized carbons (Fsp3) is 0.429. The number of pyridine rings is 2. The van der Waals surface area contributed by atoms with Gasteiger partial charge >= 0.3 is 6.18 Å². The molecule has 23 heavy (non-hydrogen) atoms. The molecule has 1 aliphatic rings. The molecule has 0 saturated carbocycles. The Hall–Kier alpha value is -2.13. The highest BCUT2D eigenvalue weighted by molar-refractivity contribution is 5.91. The van der Waals surface area contributed by atoms with Gasteiger partial charge in [0.2, 0.25) is 0 Å². The van der Waals surface area contributed by atoms with E-state index in [1.165, 1.54) is 6.07 Å². The first kappa shape index (κ1) is 15.8. The highest BCUT2D eigenvalue weighted by Crippen LogP contribution is 2.37. The van der Waals surface area contributed by atoms with Crippen molar-refractivity contribution >= 4 is 22.5 Å². The third kappa shape index (κ3) is 2.89. The Bertz CT molecular complexity index is 738. The number of fused-ring (bicyclic) bond motifs is 1. The second kappa shape index (κ2) is 5.50. The van der Waals surface area contributed by atoms with Crippen LogP contribution in [0.3, 0.4) is 0 Å². The predicted octanol–water partition coefficient (Wildman–Crippen LogP) is 1.16. The second-order valence-electron chi connectivity index (χ2n) is 5.51. The minimum Gasteiger partial charge on any atom is -0.394 e. The van der Waals surface area contributed by atoms with Gasteiger partial charge in [-0.2, -0.15) is 13.2 Å². The lowest BCUT2D eigenvalue weighted by Gasteiger charge is -2.26. The first-order chi connectivity index (χ1) is 10.8. The van der Waals surface area contributed by atoms with E-state index in [1.807, 2.05) is 0 Å². The summed E-state index contributed by atoms with van der Waals surface area (Å²) in [5, 5.41) is 19.6. The SMILES string of the molecule is Nc1ccc2c(N3C[C@H](O)C[C@H]3CO)cc(C(F)(F)F)nc2n1. The Labute approximate surface area is 129 Å². The molecule has 124 valence electrons. The van der Waals surface area contributed by atoms with E-state index in [4.69, 9.17) is 5.73 Å². The Kier molecular flexibility index (Phi) is 3.77. The van der Waals surface area contributed by atoms with Crippen molar-refractivity contribution in [2.75, 3.05) is 23.8 Å². The van der Waals surface area contributed by atoms with Crippen LogP contribution in [0.2, 0.25) is 0 Å². The molecule has 2 aromatic rings. The van der Waals surface area contributed by atoms with Crippen LogP contribution in [0.1, 0.15) is 12.1 Å². The number of halogens is 3. The van der Waals surface area contributed by atoms with E-state index in [9.17, 15) is 23.4 Å². The molecule has 0 amide bonds. The molecule has 4 N–H and O–H groups in total. The van der Waals surface area contributed by atoms with Crippen LogP contribution in [0.15, 0.2) is 18.2 Å². The van der Waals surface area contributed by atoms with E-state index in [0.29, 0.717) is 5.39 Å². The quantitative estimate of drug-likeness (QED) is 0.766. The summed E-state index contributed by atoms with van der Waals surface area (Å²) in [5.41, 5.74) is 4.56. The van der Waals surface area contributed by atoms with Gasteiger partial charge in [0.25, 0.3) is 0 Å². The maximum atomic E-state index is 13.1. The van der Waals surface area contributed by atoms with Crippen LogP contribution in [0, 0.1) is 0 Å². The summed E-state index contributed by atoms with van der Waals surface area (Å²) in [4.78, 5) is 8.97. The van der Waals surface area contributed by atoms with Crippen molar-refractivity contribution in [3.63, 3.8) is 0 Å². The number of hydrogen-bond acceptors (Lipinski definition) is 6. The van der Waals surface area contributed by atoms with Crippen molar-refractivity contribution in [1.82, 2.24) is 9.97 Å². The summed E-state index contributed by atoms with van der Waals surface area (Å²) in [6.45, 7) is -0.142. The fourth-order valence-electron chi connectivity index (χ4n) is 2.84. The zero-order chi connectivity index (χ0) is 16.8. The van der Waals surface area contributed by atoms with Crippen LogP contribution in [0.4, 0.5) is 24.7 Å². The summed E-state index contributed by atoms with van der Waals surface area (Å²) in [5.74, 6) is 0.0652. The molecule has 3 heterocycles. The Morgan fingerprint density at radius 2 is 2.04 bits per heavy atom. The third-order valence-corrected chi connectivity index (χ3v) is 3.88. The Morgan fingerprint density at radius 1 is 1.30 bits per heavy atom. The number of alkyl halides is 3. The van der Waals surface area contributed by atoms with E-state index in [-0.39, 0.29) is 36.7 Å². The van der Waals surface area contributed by atoms with Crippen molar-refractivity contribution in [2.24, 2.45) is 0 Å². The topological polar surface area (TPSA) is 95.5 Å². The number of β-amino-alcohol motifs (C(OH)–C–C–N with tert-alkyl or cyclic N) is 1. The monoisotopic (exact) mass is 328 g/mol. The number of aliphatic hydroxyl groups is 2. The largest absolute Gasteiger partial charge is 0.433 e. The molecular formula is C14H15F3N4O2. The zero-order valence-electron chi connectivity index (χ0n) is 12.0. The summed E-state index contributed by atoms with van der Waals surface area (Å²) < 4.78 is 39.3. The predicted molar refractivity (Wildman–Crippen MR) is 77.8 cm³/mol. The van der Waals surface area contributed by atoms with Crippen LogP contribution in [-0.4, -0.2) is 45.5 Å². The molecule has 0 bridgehead atoms. The van der Waals surface area contributed by atoms with Gasteiger partial charge in [-0.3, -0.25) is 0 Å². The summed E-state index contributed by atoms with van der Waals surface area (Å²) in [6, 6.07) is 3.47. The van der Waals surface area contributed by atoms with E-state index < -0.39 is 24.0 Å². The second-order valence-corrected chi connectivity index (χ2v) is 5.51. The van der Waals surface area contributed by atoms with Crippen LogP contribution >= 0.6 is 0 Å². The lowest BCUT2D eigenvalue weighted by atomic mass is 10.1. The van der Waals surface area contributed by atoms with E-state index in [1.54, 1.807) is 11.0 Å². The number of rotatable bonds is 2. The Balaban J connectivity index is 2.21. The van der Waals surface area contributed by atoms with Crippen molar-refractivity contribution in [1.29, 1.82) is 0 Å². The number of nitrogens with zero attached hydrogens (tertiary/aromatic N) is 3. The molecule has 2 atom stereocenters. The first-order valence-electron chi connectivity index (χ1n) is 6.99. The van der Waals surface area contributed by atoms with E-state index >= 15 is 0 Å². The number of aromatic nitrogens is 2. The lowest BCUT2D eigenvalue weighted by molar-refractivity contribution is -0.140. The van der Waals surface area contributed by atoms with E-state index in [2.05, 4.69) is 9.97 Å². The van der Waals surface area contributed by atoms with Gasteiger partial charge in [-0.1, -0.05) is 0 Å². The molecule has 0 radical (unpaired) electrons. The molecule has 0 unspecified atom stereocenters. The number of anilines is 2. The molecule has 2 aromatic heterocycles. The van der Waals surface area contributed by atoms with Crippen molar-refractivity contribution < 1.29 is 23.4 Å². The van der Waals surface area contributed by atoms with Crippen molar-refractivity contribution in [3.8, 4) is 0 Å². The number of hydrogen-bond donors (Lipinski definition) is 3. The molecule has 1 saturated heterocycles. The minimum atomic E-state index is -4.64. The molecule has 0 aliphatic carbocycles. The van der Waals surface area contributed by atoms with Crippen LogP contribution in [-0.2, 0) is 6.18 Å². The average molecular weight is 328 g/mol. The fourth-order valence-corrected chi connectivity index (χ4v) is 2.84. The molecule has 0 aromatic carbocycles. The molecule has 3 rings (SSSR count). The molecule has 1 fully saturated rings. The zero-order valence-corrected chi connectivity index (χ0v) is 12.0. The smallest absolute Gasteiger partial charge is 0.394 e. The normalized spacial score (nSPS) is 22.0. The first-order valence-corrected chi connectivity index (χ1v) is 6.99. The van der Waals surface area contributed by atoms with Gasteiger partial charge in [-0.25, -0.2) is 9.97 Å². The molecule has 6 nitrogen and oxygen atoms in total. The summed E-state index contributed by atoms with van der Waals surface area (Å²) >= 11 is 0. The van der Waals surface area contributed by atoms with Crippen LogP contribution in [0.5, 0.6) is 0 Å². The van der Waals surface area contributed by atoms with Gasteiger partial charge in [0.15, 0.2) is 5.65 Å². The van der Waals surface area contributed by atoms with Gasteiger partial charge in [-0.05, 0) is 24.6 Å². The maximum absolute atomic E-state index is 13.1. The highest BCUT2D eigenvalue weighted by Gasteiger charge is 2.37. The molecule has 9 heteroatoms. The van der Waals surface area contributed by atoms with Gasteiger partial charge in [0.05, 0.1) is 24.4 Å². The number of aliphatic hydroxyl groups excluding tert-OH is 2. The van der Waals surface area contributed by atoms with Crippen LogP contribution in [0.25, 0.3) is 11.0 Å². The minimum absolute atomic E-state index is 0.0652.